The Kier molecular flexibility index (Phi) is 2.98. The summed E-state index contributed by atoms with van der Waals surface area (Å²) in [6.07, 6.45) is 0. The SMILES string of the molecule is CC(C)(C)c1nc(N2CCNCC2)cs1. The molecule has 1 aromatic rings. The third kappa shape index (κ3) is 2.49. The quantitative estimate of drug-likeness (QED) is 0.790. The first kappa shape index (κ1) is 10.9. The van der Waals surface area contributed by atoms with E-state index >= 15 is 0 Å². The highest BCUT2D eigenvalue weighted by atomic mass is 32.1. The molecular weight excluding hydrogens is 206 g/mol. The summed E-state index contributed by atoms with van der Waals surface area (Å²) in [5.41, 5.74) is 0.178. The van der Waals surface area contributed by atoms with E-state index in [1.54, 1.807) is 11.3 Å². The minimum Gasteiger partial charge on any atom is -0.353 e. The van der Waals surface area contributed by atoms with E-state index in [0.717, 1.165) is 32.0 Å². The van der Waals surface area contributed by atoms with Crippen LogP contribution >= 0.6 is 11.3 Å². The average molecular weight is 225 g/mol. The molecule has 1 fully saturated rings. The lowest BCUT2D eigenvalue weighted by atomic mass is 9.98. The van der Waals surface area contributed by atoms with Crippen molar-refractivity contribution in [3.8, 4) is 0 Å². The molecule has 1 saturated heterocycles. The number of nitrogens with one attached hydrogen (secondary N) is 1. The molecule has 0 bridgehead atoms. The summed E-state index contributed by atoms with van der Waals surface area (Å²) in [7, 11) is 0. The number of nitrogens with zero attached hydrogens (tertiary/aromatic N) is 2. The van der Waals surface area contributed by atoms with Crippen LogP contribution in [0.15, 0.2) is 5.38 Å². The van der Waals surface area contributed by atoms with E-state index < -0.39 is 0 Å². The monoisotopic (exact) mass is 225 g/mol. The van der Waals surface area contributed by atoms with Crippen LogP contribution in [-0.4, -0.2) is 31.2 Å². The van der Waals surface area contributed by atoms with Crippen LogP contribution in [0, 0.1) is 0 Å². The van der Waals surface area contributed by atoms with E-state index in [1.165, 1.54) is 5.01 Å². The molecule has 4 heteroatoms. The molecule has 0 aromatic carbocycles. The van der Waals surface area contributed by atoms with Gasteiger partial charge in [-0.2, -0.15) is 0 Å². The molecule has 2 rings (SSSR count). The van der Waals surface area contributed by atoms with Gasteiger partial charge in [0.1, 0.15) is 10.8 Å². The molecule has 0 radical (unpaired) electrons. The van der Waals surface area contributed by atoms with Gasteiger partial charge >= 0.3 is 0 Å². The fourth-order valence-electron chi connectivity index (χ4n) is 1.65. The molecule has 0 aliphatic carbocycles. The summed E-state index contributed by atoms with van der Waals surface area (Å²) in [6, 6.07) is 0. The van der Waals surface area contributed by atoms with Crippen molar-refractivity contribution in [2.75, 3.05) is 31.1 Å². The summed E-state index contributed by atoms with van der Waals surface area (Å²) >= 11 is 1.78. The summed E-state index contributed by atoms with van der Waals surface area (Å²) in [5.74, 6) is 1.16. The molecule has 2 heterocycles. The Labute approximate surface area is 95.5 Å². The van der Waals surface area contributed by atoms with Crippen LogP contribution in [0.1, 0.15) is 25.8 Å². The zero-order chi connectivity index (χ0) is 10.9. The normalized spacial score (nSPS) is 18.2. The predicted octanol–water partition coefficient (Wildman–Crippen LogP) is 1.85. The number of hydrogen-bond donors (Lipinski definition) is 1. The van der Waals surface area contributed by atoms with Crippen LogP contribution < -0.4 is 10.2 Å². The molecular formula is C11H19N3S. The highest BCUT2D eigenvalue weighted by molar-refractivity contribution is 7.10. The van der Waals surface area contributed by atoms with Gasteiger partial charge in [0.25, 0.3) is 0 Å². The maximum Gasteiger partial charge on any atom is 0.139 e. The number of hydrogen-bond acceptors (Lipinski definition) is 4. The van der Waals surface area contributed by atoms with E-state index in [9.17, 15) is 0 Å². The van der Waals surface area contributed by atoms with Crippen molar-refractivity contribution in [2.24, 2.45) is 0 Å². The van der Waals surface area contributed by atoms with Crippen molar-refractivity contribution in [1.29, 1.82) is 0 Å². The molecule has 1 aliphatic rings. The second kappa shape index (κ2) is 4.10. The molecule has 84 valence electrons. The third-order valence-corrected chi connectivity index (χ3v) is 3.83. The Balaban J connectivity index is 2.12. The predicted molar refractivity (Wildman–Crippen MR) is 65.9 cm³/mol. The highest BCUT2D eigenvalue weighted by Crippen LogP contribution is 2.28. The Morgan fingerprint density at radius 1 is 1.33 bits per heavy atom. The minimum atomic E-state index is 0.178. The summed E-state index contributed by atoms with van der Waals surface area (Å²) in [5, 5.41) is 6.77. The molecule has 0 amide bonds. The van der Waals surface area contributed by atoms with Crippen LogP contribution in [0.2, 0.25) is 0 Å². The van der Waals surface area contributed by atoms with E-state index in [0.29, 0.717) is 0 Å². The first-order valence-corrected chi connectivity index (χ1v) is 6.37. The van der Waals surface area contributed by atoms with Gasteiger partial charge in [-0.15, -0.1) is 11.3 Å². The Morgan fingerprint density at radius 2 is 2.00 bits per heavy atom. The topological polar surface area (TPSA) is 28.2 Å². The number of piperazine rings is 1. The van der Waals surface area contributed by atoms with E-state index in [1.807, 2.05) is 0 Å². The van der Waals surface area contributed by atoms with Crippen LogP contribution in [0.5, 0.6) is 0 Å². The third-order valence-electron chi connectivity index (χ3n) is 2.57. The summed E-state index contributed by atoms with van der Waals surface area (Å²) < 4.78 is 0. The van der Waals surface area contributed by atoms with Gasteiger partial charge in [-0.3, -0.25) is 0 Å². The van der Waals surface area contributed by atoms with Gasteiger partial charge < -0.3 is 10.2 Å². The van der Waals surface area contributed by atoms with Crippen LogP contribution in [0.4, 0.5) is 5.82 Å². The lowest BCUT2D eigenvalue weighted by molar-refractivity contribution is 0.571. The molecule has 0 atom stereocenters. The molecule has 1 N–H and O–H groups in total. The van der Waals surface area contributed by atoms with E-state index in [-0.39, 0.29) is 5.41 Å². The Bertz CT molecular complexity index is 321. The number of rotatable bonds is 1. The Hall–Kier alpha value is -0.610. The van der Waals surface area contributed by atoms with Crippen molar-refractivity contribution in [2.45, 2.75) is 26.2 Å². The maximum atomic E-state index is 4.72. The second-order valence-electron chi connectivity index (χ2n) is 5.00. The first-order chi connectivity index (χ1) is 7.07. The molecule has 15 heavy (non-hydrogen) atoms. The van der Waals surface area contributed by atoms with Gasteiger partial charge in [0.2, 0.25) is 0 Å². The Morgan fingerprint density at radius 3 is 2.53 bits per heavy atom. The van der Waals surface area contributed by atoms with Gasteiger partial charge in [-0.05, 0) is 0 Å². The van der Waals surface area contributed by atoms with Crippen molar-refractivity contribution >= 4 is 17.2 Å². The fraction of sp³-hybridized carbons (Fsp3) is 0.727. The van der Waals surface area contributed by atoms with Crippen molar-refractivity contribution < 1.29 is 0 Å². The number of aromatic nitrogens is 1. The molecule has 3 nitrogen and oxygen atoms in total. The standard InChI is InChI=1S/C11H19N3S/c1-11(2,3)10-13-9(8-15-10)14-6-4-12-5-7-14/h8,12H,4-7H2,1-3H3. The number of thiazole rings is 1. The van der Waals surface area contributed by atoms with Gasteiger partial charge in [-0.25, -0.2) is 4.98 Å². The fourth-order valence-corrected chi connectivity index (χ4v) is 2.57. The van der Waals surface area contributed by atoms with Crippen molar-refractivity contribution in [1.82, 2.24) is 10.3 Å². The van der Waals surface area contributed by atoms with Crippen LogP contribution in [0.3, 0.4) is 0 Å². The minimum absolute atomic E-state index is 0.178. The molecule has 0 unspecified atom stereocenters. The first-order valence-electron chi connectivity index (χ1n) is 5.49. The lowest BCUT2D eigenvalue weighted by Crippen LogP contribution is -2.43. The largest absolute Gasteiger partial charge is 0.353 e. The van der Waals surface area contributed by atoms with Gasteiger partial charge in [0.15, 0.2) is 0 Å². The van der Waals surface area contributed by atoms with Gasteiger partial charge in [-0.1, -0.05) is 20.8 Å². The molecule has 0 spiro atoms. The van der Waals surface area contributed by atoms with Gasteiger partial charge in [0.05, 0.1) is 0 Å². The summed E-state index contributed by atoms with van der Waals surface area (Å²) in [4.78, 5) is 7.09. The van der Waals surface area contributed by atoms with E-state index in [4.69, 9.17) is 4.98 Å². The smallest absolute Gasteiger partial charge is 0.139 e. The van der Waals surface area contributed by atoms with Gasteiger partial charge in [0, 0.05) is 37.0 Å². The lowest BCUT2D eigenvalue weighted by Gasteiger charge is -2.27. The molecule has 0 saturated carbocycles. The second-order valence-corrected chi connectivity index (χ2v) is 5.86. The van der Waals surface area contributed by atoms with Crippen LogP contribution in [-0.2, 0) is 5.41 Å². The number of anilines is 1. The molecule has 1 aromatic heterocycles. The highest BCUT2D eigenvalue weighted by Gasteiger charge is 2.20. The van der Waals surface area contributed by atoms with E-state index in [2.05, 4.69) is 36.4 Å². The zero-order valence-electron chi connectivity index (χ0n) is 9.71. The summed E-state index contributed by atoms with van der Waals surface area (Å²) in [6.45, 7) is 10.9. The average Bonchev–Trinajstić information content (AvgIpc) is 2.67. The maximum absolute atomic E-state index is 4.72. The zero-order valence-corrected chi connectivity index (χ0v) is 10.5. The molecule has 1 aliphatic heterocycles. The van der Waals surface area contributed by atoms with Crippen molar-refractivity contribution in [3.63, 3.8) is 0 Å². The van der Waals surface area contributed by atoms with Crippen LogP contribution in [0.25, 0.3) is 0 Å². The van der Waals surface area contributed by atoms with Crippen molar-refractivity contribution in [3.05, 3.63) is 10.4 Å².